The molecule has 0 unspecified atom stereocenters. The average Bonchev–Trinajstić information content (AvgIpc) is 3.17. The lowest BCUT2D eigenvalue weighted by Gasteiger charge is -2.45. The summed E-state index contributed by atoms with van der Waals surface area (Å²) in [5.74, 6) is 0.839. The molecule has 4 rings (SSSR count). The number of hydrogen-bond donors (Lipinski definition) is 0. The first-order valence-corrected chi connectivity index (χ1v) is 9.70. The van der Waals surface area contributed by atoms with Crippen molar-refractivity contribution in [2.75, 3.05) is 13.1 Å². The Bertz CT molecular complexity index is 878. The van der Waals surface area contributed by atoms with Crippen molar-refractivity contribution in [3.63, 3.8) is 0 Å². The van der Waals surface area contributed by atoms with Gasteiger partial charge >= 0.3 is 0 Å². The summed E-state index contributed by atoms with van der Waals surface area (Å²) in [5, 5.41) is 4.01. The van der Waals surface area contributed by atoms with Crippen molar-refractivity contribution in [2.45, 2.75) is 58.5 Å². The molecule has 2 aromatic rings. The second kappa shape index (κ2) is 7.00. The molecule has 148 valence electrons. The number of carbonyl (C=O) groups is 2. The summed E-state index contributed by atoms with van der Waals surface area (Å²) in [4.78, 5) is 37.6. The third-order valence-corrected chi connectivity index (χ3v) is 6.16. The SMILES string of the molecule is Cc1cnc(C(=O)N2CCC3(CCC(=O)N3Cc3c(C)noc3C)CC2)cn1. The van der Waals surface area contributed by atoms with Crippen molar-refractivity contribution < 1.29 is 14.1 Å². The number of rotatable bonds is 3. The third kappa shape index (κ3) is 3.16. The zero-order chi connectivity index (χ0) is 19.9. The molecule has 0 bridgehead atoms. The van der Waals surface area contributed by atoms with Crippen LogP contribution in [0.15, 0.2) is 16.9 Å². The van der Waals surface area contributed by atoms with E-state index in [9.17, 15) is 9.59 Å². The van der Waals surface area contributed by atoms with Crippen LogP contribution in [0.3, 0.4) is 0 Å². The summed E-state index contributed by atoms with van der Waals surface area (Å²) in [7, 11) is 0. The van der Waals surface area contributed by atoms with Gasteiger partial charge in [-0.2, -0.15) is 0 Å². The number of aryl methyl sites for hydroxylation is 3. The van der Waals surface area contributed by atoms with Crippen molar-refractivity contribution >= 4 is 11.8 Å². The Hall–Kier alpha value is -2.77. The standard InChI is InChI=1S/C20H25N5O3/c1-13-10-22-17(11-21-13)19(27)24-8-6-20(7-9-24)5-4-18(26)25(20)12-16-14(2)23-28-15(16)3/h10-11H,4-9,12H2,1-3H3. The molecular weight excluding hydrogens is 358 g/mol. The van der Waals surface area contributed by atoms with Crippen molar-refractivity contribution in [1.29, 1.82) is 0 Å². The van der Waals surface area contributed by atoms with E-state index in [1.165, 1.54) is 6.20 Å². The first-order chi connectivity index (χ1) is 13.4. The van der Waals surface area contributed by atoms with Gasteiger partial charge in [-0.15, -0.1) is 0 Å². The fourth-order valence-electron chi connectivity index (χ4n) is 4.33. The molecule has 2 fully saturated rings. The molecule has 0 N–H and O–H groups in total. The predicted molar refractivity (Wildman–Crippen MR) is 100 cm³/mol. The van der Waals surface area contributed by atoms with E-state index >= 15 is 0 Å². The summed E-state index contributed by atoms with van der Waals surface area (Å²) in [6.45, 7) is 7.38. The predicted octanol–water partition coefficient (Wildman–Crippen LogP) is 2.19. The van der Waals surface area contributed by atoms with Gasteiger partial charge in [-0.1, -0.05) is 5.16 Å². The Kier molecular flexibility index (Phi) is 4.64. The monoisotopic (exact) mass is 383 g/mol. The van der Waals surface area contributed by atoms with E-state index in [1.54, 1.807) is 6.20 Å². The van der Waals surface area contributed by atoms with Gasteiger partial charge in [0.05, 0.1) is 24.1 Å². The Labute approximate surface area is 163 Å². The van der Waals surface area contributed by atoms with Crippen LogP contribution in [0.25, 0.3) is 0 Å². The molecule has 0 saturated carbocycles. The van der Waals surface area contributed by atoms with Gasteiger partial charge in [0.25, 0.3) is 5.91 Å². The lowest BCUT2D eigenvalue weighted by molar-refractivity contribution is -0.133. The van der Waals surface area contributed by atoms with E-state index in [2.05, 4.69) is 15.1 Å². The molecule has 2 amide bonds. The fraction of sp³-hybridized carbons (Fsp3) is 0.550. The van der Waals surface area contributed by atoms with Gasteiger partial charge < -0.3 is 14.3 Å². The van der Waals surface area contributed by atoms with Crippen LogP contribution >= 0.6 is 0 Å². The summed E-state index contributed by atoms with van der Waals surface area (Å²) in [6, 6.07) is 0. The van der Waals surface area contributed by atoms with Crippen molar-refractivity contribution in [3.8, 4) is 0 Å². The molecule has 2 aliphatic rings. The highest BCUT2D eigenvalue weighted by molar-refractivity contribution is 5.92. The van der Waals surface area contributed by atoms with Crippen LogP contribution in [0.4, 0.5) is 0 Å². The van der Waals surface area contributed by atoms with Gasteiger partial charge in [-0.3, -0.25) is 14.6 Å². The first kappa shape index (κ1) is 18.6. The molecule has 2 saturated heterocycles. The Balaban J connectivity index is 1.48. The maximum absolute atomic E-state index is 12.7. The number of piperidine rings is 1. The summed E-state index contributed by atoms with van der Waals surface area (Å²) in [5.41, 5.74) is 2.79. The molecule has 1 spiro atoms. The zero-order valence-corrected chi connectivity index (χ0v) is 16.6. The van der Waals surface area contributed by atoms with E-state index in [1.807, 2.05) is 30.6 Å². The molecular formula is C20H25N5O3. The topological polar surface area (TPSA) is 92.4 Å². The molecule has 2 aromatic heterocycles. The Morgan fingerprint density at radius 3 is 2.50 bits per heavy atom. The van der Waals surface area contributed by atoms with Gasteiger partial charge in [0, 0.05) is 36.8 Å². The first-order valence-electron chi connectivity index (χ1n) is 9.70. The molecule has 8 heteroatoms. The van der Waals surface area contributed by atoms with Crippen LogP contribution in [0.2, 0.25) is 0 Å². The molecule has 0 atom stereocenters. The fourth-order valence-corrected chi connectivity index (χ4v) is 4.33. The van der Waals surface area contributed by atoms with E-state index < -0.39 is 0 Å². The van der Waals surface area contributed by atoms with Gasteiger partial charge in [-0.25, -0.2) is 4.98 Å². The number of aromatic nitrogens is 3. The van der Waals surface area contributed by atoms with Crippen LogP contribution < -0.4 is 0 Å². The van der Waals surface area contributed by atoms with E-state index in [0.717, 1.165) is 42.0 Å². The molecule has 8 nitrogen and oxygen atoms in total. The summed E-state index contributed by atoms with van der Waals surface area (Å²) < 4.78 is 5.27. The largest absolute Gasteiger partial charge is 0.361 e. The third-order valence-electron chi connectivity index (χ3n) is 6.16. The average molecular weight is 383 g/mol. The van der Waals surface area contributed by atoms with Crippen LogP contribution in [-0.4, -0.2) is 55.4 Å². The highest BCUT2D eigenvalue weighted by Gasteiger charge is 2.47. The summed E-state index contributed by atoms with van der Waals surface area (Å²) in [6.07, 6.45) is 6.08. The molecule has 0 aromatic carbocycles. The number of nitrogens with zero attached hydrogens (tertiary/aromatic N) is 5. The second-order valence-electron chi connectivity index (χ2n) is 7.84. The normalized spacial score (nSPS) is 18.9. The van der Waals surface area contributed by atoms with Crippen LogP contribution in [0, 0.1) is 20.8 Å². The maximum atomic E-state index is 12.7. The lowest BCUT2D eigenvalue weighted by atomic mass is 9.84. The van der Waals surface area contributed by atoms with E-state index in [4.69, 9.17) is 4.52 Å². The van der Waals surface area contributed by atoms with Crippen molar-refractivity contribution in [1.82, 2.24) is 24.9 Å². The Morgan fingerprint density at radius 2 is 1.89 bits per heavy atom. The maximum Gasteiger partial charge on any atom is 0.274 e. The minimum atomic E-state index is -0.192. The molecule has 4 heterocycles. The second-order valence-corrected chi connectivity index (χ2v) is 7.84. The smallest absolute Gasteiger partial charge is 0.274 e. The number of hydrogen-bond acceptors (Lipinski definition) is 6. The van der Waals surface area contributed by atoms with Gasteiger partial charge in [-0.05, 0) is 40.0 Å². The van der Waals surface area contributed by atoms with Crippen LogP contribution in [0.5, 0.6) is 0 Å². The molecule has 0 aliphatic carbocycles. The molecule has 0 radical (unpaired) electrons. The van der Waals surface area contributed by atoms with Gasteiger partial charge in [0.2, 0.25) is 5.91 Å². The van der Waals surface area contributed by atoms with Crippen LogP contribution in [0.1, 0.15) is 58.9 Å². The van der Waals surface area contributed by atoms with Crippen molar-refractivity contribution in [2.24, 2.45) is 0 Å². The van der Waals surface area contributed by atoms with E-state index in [0.29, 0.717) is 31.7 Å². The molecule has 28 heavy (non-hydrogen) atoms. The van der Waals surface area contributed by atoms with Crippen molar-refractivity contribution in [3.05, 3.63) is 40.8 Å². The summed E-state index contributed by atoms with van der Waals surface area (Å²) >= 11 is 0. The lowest BCUT2D eigenvalue weighted by Crippen LogP contribution is -2.54. The van der Waals surface area contributed by atoms with Gasteiger partial charge in [0.15, 0.2) is 0 Å². The zero-order valence-electron chi connectivity index (χ0n) is 16.6. The Morgan fingerprint density at radius 1 is 1.14 bits per heavy atom. The van der Waals surface area contributed by atoms with E-state index in [-0.39, 0.29) is 17.4 Å². The quantitative estimate of drug-likeness (QED) is 0.807. The van der Waals surface area contributed by atoms with Gasteiger partial charge in [0.1, 0.15) is 11.5 Å². The molecule has 2 aliphatic heterocycles. The number of carbonyl (C=O) groups excluding carboxylic acids is 2. The number of amides is 2. The minimum absolute atomic E-state index is 0.0936. The minimum Gasteiger partial charge on any atom is -0.361 e. The highest BCUT2D eigenvalue weighted by atomic mass is 16.5. The number of likely N-dealkylation sites (tertiary alicyclic amines) is 2. The van der Waals surface area contributed by atoms with Crippen LogP contribution in [-0.2, 0) is 11.3 Å². The highest BCUT2D eigenvalue weighted by Crippen LogP contribution is 2.40.